The molecule has 2 aliphatic heterocycles. The van der Waals surface area contributed by atoms with Crippen LogP contribution in [0.1, 0.15) is 11.1 Å². The van der Waals surface area contributed by atoms with Crippen molar-refractivity contribution >= 4 is 16.6 Å². The van der Waals surface area contributed by atoms with Gasteiger partial charge in [0.2, 0.25) is 6.79 Å². The Labute approximate surface area is 163 Å². The average molecular weight is 368 g/mol. The number of hydrogen-bond donors (Lipinski definition) is 1. The van der Waals surface area contributed by atoms with E-state index in [1.807, 2.05) is 6.07 Å². The van der Waals surface area contributed by atoms with Gasteiger partial charge in [0.05, 0.1) is 5.69 Å². The first-order valence-electron chi connectivity index (χ1n) is 9.68. The monoisotopic (exact) mass is 368 g/mol. The van der Waals surface area contributed by atoms with E-state index in [1.165, 1.54) is 38.8 Å². The van der Waals surface area contributed by atoms with Gasteiger partial charge in [0, 0.05) is 30.2 Å². The molecule has 0 unspecified atom stereocenters. The Kier molecular flexibility index (Phi) is 3.38. The smallest absolute Gasteiger partial charge is 0.231 e. The van der Waals surface area contributed by atoms with Crippen LogP contribution in [0.3, 0.4) is 0 Å². The first kappa shape index (κ1) is 15.6. The summed E-state index contributed by atoms with van der Waals surface area (Å²) in [6, 6.07) is 21.5. The molecule has 0 bridgehead atoms. The van der Waals surface area contributed by atoms with Gasteiger partial charge in [-0.05, 0) is 46.9 Å². The van der Waals surface area contributed by atoms with Crippen molar-refractivity contribution in [3.63, 3.8) is 0 Å². The van der Waals surface area contributed by atoms with Crippen LogP contribution in [0, 0.1) is 0 Å². The second-order valence-electron chi connectivity index (χ2n) is 7.44. The Balaban J connectivity index is 1.31. The number of hydrogen-bond acceptors (Lipinski definition) is 3. The number of ether oxygens (including phenoxy) is 2. The third-order valence-electron chi connectivity index (χ3n) is 5.83. The number of fused-ring (bicyclic) bond motifs is 3. The van der Waals surface area contributed by atoms with Crippen molar-refractivity contribution in [3.05, 3.63) is 78.0 Å². The lowest BCUT2D eigenvalue weighted by molar-refractivity contribution is 0.174. The molecule has 28 heavy (non-hydrogen) atoms. The van der Waals surface area contributed by atoms with Crippen molar-refractivity contribution in [2.45, 2.75) is 13.0 Å². The largest absolute Gasteiger partial charge is 0.454 e. The lowest BCUT2D eigenvalue weighted by Crippen LogP contribution is -2.30. The van der Waals surface area contributed by atoms with Gasteiger partial charge in [-0.15, -0.1) is 0 Å². The highest BCUT2D eigenvalue weighted by atomic mass is 16.7. The number of nitrogens with one attached hydrogen (secondary N) is 1. The van der Waals surface area contributed by atoms with Crippen molar-refractivity contribution in [2.24, 2.45) is 0 Å². The van der Waals surface area contributed by atoms with Gasteiger partial charge < -0.3 is 19.4 Å². The topological polar surface area (TPSA) is 37.5 Å². The van der Waals surface area contributed by atoms with Gasteiger partial charge in [0.15, 0.2) is 11.5 Å². The van der Waals surface area contributed by atoms with Crippen LogP contribution in [0.25, 0.3) is 22.0 Å². The molecule has 0 atom stereocenters. The first-order valence-corrected chi connectivity index (χ1v) is 9.68. The minimum absolute atomic E-state index is 0.312. The molecule has 0 saturated carbocycles. The number of H-pyrrole nitrogens is 1. The fourth-order valence-electron chi connectivity index (χ4n) is 4.33. The number of para-hydroxylation sites is 1. The summed E-state index contributed by atoms with van der Waals surface area (Å²) in [5.41, 5.74) is 7.73. The minimum atomic E-state index is 0.312. The number of aromatic nitrogens is 1. The molecule has 4 aromatic rings. The van der Waals surface area contributed by atoms with E-state index in [2.05, 4.69) is 70.7 Å². The zero-order valence-corrected chi connectivity index (χ0v) is 15.4. The maximum atomic E-state index is 5.53. The summed E-state index contributed by atoms with van der Waals surface area (Å²) in [7, 11) is 0. The van der Waals surface area contributed by atoms with E-state index < -0.39 is 0 Å². The summed E-state index contributed by atoms with van der Waals surface area (Å²) in [4.78, 5) is 5.87. The molecule has 6 rings (SSSR count). The average Bonchev–Trinajstić information content (AvgIpc) is 3.39. The molecule has 1 aromatic heterocycles. The summed E-state index contributed by atoms with van der Waals surface area (Å²) in [5.74, 6) is 1.66. The quantitative estimate of drug-likeness (QED) is 0.533. The van der Waals surface area contributed by atoms with Crippen molar-refractivity contribution in [1.82, 2.24) is 4.98 Å². The lowest BCUT2D eigenvalue weighted by atomic mass is 9.94. The summed E-state index contributed by atoms with van der Waals surface area (Å²) in [5, 5.41) is 1.29. The second-order valence-corrected chi connectivity index (χ2v) is 7.44. The number of rotatable bonds is 2. The molecule has 0 radical (unpaired) electrons. The normalized spacial score (nSPS) is 15.1. The lowest BCUT2D eigenvalue weighted by Gasteiger charge is -2.30. The molecule has 0 saturated heterocycles. The summed E-state index contributed by atoms with van der Waals surface area (Å²) in [6.07, 6.45) is 3.18. The highest BCUT2D eigenvalue weighted by Gasteiger charge is 2.20. The van der Waals surface area contributed by atoms with Crippen molar-refractivity contribution < 1.29 is 9.47 Å². The predicted molar refractivity (Wildman–Crippen MR) is 111 cm³/mol. The molecule has 0 amide bonds. The SMILES string of the molecule is c1ccc2c(N3CCc4cc(-c5ccc6c(c5)OCO6)ccc4C3)c[nH]c2c1. The zero-order chi connectivity index (χ0) is 18.5. The molecular weight excluding hydrogens is 348 g/mol. The fourth-order valence-corrected chi connectivity index (χ4v) is 4.33. The van der Waals surface area contributed by atoms with Crippen LogP contribution in [0.5, 0.6) is 11.5 Å². The van der Waals surface area contributed by atoms with E-state index in [9.17, 15) is 0 Å². The number of benzene rings is 3. The molecular formula is C24H20N2O2. The van der Waals surface area contributed by atoms with Gasteiger partial charge in [-0.1, -0.05) is 42.5 Å². The molecule has 2 aliphatic rings. The Bertz CT molecular complexity index is 1190. The van der Waals surface area contributed by atoms with Gasteiger partial charge in [-0.25, -0.2) is 0 Å². The molecule has 4 heteroatoms. The number of anilines is 1. The Hall–Kier alpha value is -3.40. The van der Waals surface area contributed by atoms with Crippen LogP contribution < -0.4 is 14.4 Å². The van der Waals surface area contributed by atoms with Crippen LogP contribution in [-0.4, -0.2) is 18.3 Å². The fraction of sp³-hybridized carbons (Fsp3) is 0.167. The second kappa shape index (κ2) is 6.06. The van der Waals surface area contributed by atoms with Gasteiger partial charge >= 0.3 is 0 Å². The molecule has 138 valence electrons. The van der Waals surface area contributed by atoms with E-state index in [0.717, 1.165) is 31.0 Å². The zero-order valence-electron chi connectivity index (χ0n) is 15.4. The van der Waals surface area contributed by atoms with Crippen molar-refractivity contribution in [3.8, 4) is 22.6 Å². The highest BCUT2D eigenvalue weighted by Crippen LogP contribution is 2.37. The third kappa shape index (κ3) is 2.45. The molecule has 3 aromatic carbocycles. The van der Waals surface area contributed by atoms with E-state index in [4.69, 9.17) is 9.47 Å². The highest BCUT2D eigenvalue weighted by molar-refractivity contribution is 5.93. The van der Waals surface area contributed by atoms with Gasteiger partial charge in [-0.3, -0.25) is 0 Å². The van der Waals surface area contributed by atoms with E-state index >= 15 is 0 Å². The summed E-state index contributed by atoms with van der Waals surface area (Å²) in [6.45, 7) is 2.28. The molecule has 4 nitrogen and oxygen atoms in total. The van der Waals surface area contributed by atoms with Crippen LogP contribution in [0.4, 0.5) is 5.69 Å². The Morgan fingerprint density at radius 1 is 0.821 bits per heavy atom. The van der Waals surface area contributed by atoms with Crippen LogP contribution in [0.15, 0.2) is 66.9 Å². The molecule has 0 fully saturated rings. The van der Waals surface area contributed by atoms with Crippen molar-refractivity contribution in [2.75, 3.05) is 18.2 Å². The number of aromatic amines is 1. The van der Waals surface area contributed by atoms with Gasteiger partial charge in [0.25, 0.3) is 0 Å². The maximum Gasteiger partial charge on any atom is 0.231 e. The van der Waals surface area contributed by atoms with E-state index in [-0.39, 0.29) is 0 Å². The van der Waals surface area contributed by atoms with E-state index in [1.54, 1.807) is 0 Å². The minimum Gasteiger partial charge on any atom is -0.454 e. The Morgan fingerprint density at radius 3 is 2.68 bits per heavy atom. The number of nitrogens with zero attached hydrogens (tertiary/aromatic N) is 1. The molecule has 0 aliphatic carbocycles. The maximum absolute atomic E-state index is 5.53. The Morgan fingerprint density at radius 2 is 1.68 bits per heavy atom. The first-order chi connectivity index (χ1) is 13.8. The van der Waals surface area contributed by atoms with Crippen LogP contribution in [-0.2, 0) is 13.0 Å². The predicted octanol–water partition coefficient (Wildman–Crippen LogP) is 5.13. The molecule has 0 spiro atoms. The van der Waals surface area contributed by atoms with Crippen LogP contribution in [0.2, 0.25) is 0 Å². The van der Waals surface area contributed by atoms with E-state index in [0.29, 0.717) is 6.79 Å². The third-order valence-corrected chi connectivity index (χ3v) is 5.83. The van der Waals surface area contributed by atoms with Gasteiger partial charge in [0.1, 0.15) is 0 Å². The van der Waals surface area contributed by atoms with Crippen molar-refractivity contribution in [1.29, 1.82) is 0 Å². The molecule has 3 heterocycles. The standard InChI is InChI=1S/C24H20N2O2/c1-2-4-21-20(3-1)22(13-25-21)26-10-9-18-11-16(5-6-19(18)14-26)17-7-8-23-24(12-17)28-15-27-23/h1-8,11-13,25H,9-10,14-15H2. The van der Waals surface area contributed by atoms with Gasteiger partial charge in [-0.2, -0.15) is 0 Å². The molecule has 1 N–H and O–H groups in total. The van der Waals surface area contributed by atoms with Crippen LogP contribution >= 0.6 is 0 Å². The summed E-state index contributed by atoms with van der Waals surface area (Å²) >= 11 is 0. The summed E-state index contributed by atoms with van der Waals surface area (Å²) < 4.78 is 11.0.